The van der Waals surface area contributed by atoms with Gasteiger partial charge in [0.25, 0.3) is 0 Å². The number of nitrogens with one attached hydrogen (secondary N) is 1. The zero-order chi connectivity index (χ0) is 32.8. The minimum Gasteiger partial charge on any atom is -0.303 e. The Bertz CT molecular complexity index is 1500. The molecule has 1 N–H and O–H groups in total. The van der Waals surface area contributed by atoms with Crippen LogP contribution in [-0.2, 0) is 16.2 Å². The molecule has 236 valence electrons. The molecule has 1 heteroatoms. The van der Waals surface area contributed by atoms with Gasteiger partial charge in [0, 0.05) is 23.4 Å². The second-order valence-corrected chi connectivity index (χ2v) is 16.2. The van der Waals surface area contributed by atoms with Crippen LogP contribution in [0.2, 0.25) is 0 Å². The molecule has 4 rings (SSSR count). The molecule has 1 unspecified atom stereocenters. The van der Waals surface area contributed by atoms with Gasteiger partial charge in [-0.15, -0.1) is 0 Å². The van der Waals surface area contributed by atoms with Gasteiger partial charge in [0.1, 0.15) is 0 Å². The Kier molecular flexibility index (Phi) is 9.64. The number of hydrogen-bond donors (Lipinski definition) is 1. The van der Waals surface area contributed by atoms with Crippen LogP contribution in [-0.4, -0.2) is 6.04 Å². The SMILES string of the molecule is C=C(CC)[C@@H]1CC[C@H](c2ccc(C(C)C(=C)C(C)(C)c3cc(C(C)(C)C)cc(C(C)(C)C)c3)c(-c3ccc(C)cc3C)c2)N1. The number of rotatable bonds is 8. The standard InChI is InChI=1S/C43H59N/c1-15-28(3)39-20-21-40(44-39)32-17-19-37(38(23-32)36-18-16-27(2)22-29(36)4)30(5)31(6)43(13,14)35-25-33(41(7,8)9)24-34(26-35)42(10,11)12/h16-19,22-26,30,39-40,44H,3,6,15,20-21H2,1-2,4-5,7-14H3/t30?,39-,40+/m0/s1. The third kappa shape index (κ3) is 6.99. The molecule has 44 heavy (non-hydrogen) atoms. The molecule has 3 atom stereocenters. The highest BCUT2D eigenvalue weighted by atomic mass is 15.0. The van der Waals surface area contributed by atoms with E-state index in [0.29, 0.717) is 12.1 Å². The summed E-state index contributed by atoms with van der Waals surface area (Å²) in [7, 11) is 0. The molecule has 1 fully saturated rings. The van der Waals surface area contributed by atoms with Gasteiger partial charge in [-0.3, -0.25) is 0 Å². The molecule has 0 spiro atoms. The van der Waals surface area contributed by atoms with Crippen LogP contribution in [0.3, 0.4) is 0 Å². The number of aryl methyl sites for hydroxylation is 2. The first kappa shape index (κ1) is 34.0. The summed E-state index contributed by atoms with van der Waals surface area (Å²) in [4.78, 5) is 0. The lowest BCUT2D eigenvalue weighted by Gasteiger charge is -2.36. The van der Waals surface area contributed by atoms with Crippen molar-refractivity contribution in [1.29, 1.82) is 0 Å². The Labute approximate surface area is 270 Å². The van der Waals surface area contributed by atoms with Gasteiger partial charge in [0.05, 0.1) is 0 Å². The van der Waals surface area contributed by atoms with Crippen molar-refractivity contribution in [3.63, 3.8) is 0 Å². The van der Waals surface area contributed by atoms with E-state index < -0.39 is 0 Å². The summed E-state index contributed by atoms with van der Waals surface area (Å²) >= 11 is 0. The number of allylic oxidation sites excluding steroid dienone is 1. The van der Waals surface area contributed by atoms with E-state index in [1.165, 1.54) is 61.2 Å². The maximum Gasteiger partial charge on any atom is 0.0326 e. The summed E-state index contributed by atoms with van der Waals surface area (Å²) < 4.78 is 0. The van der Waals surface area contributed by atoms with E-state index in [-0.39, 0.29) is 22.2 Å². The summed E-state index contributed by atoms with van der Waals surface area (Å²) in [5, 5.41) is 3.90. The topological polar surface area (TPSA) is 12.0 Å². The van der Waals surface area contributed by atoms with Gasteiger partial charge in [0.15, 0.2) is 0 Å². The lowest BCUT2D eigenvalue weighted by atomic mass is 9.68. The van der Waals surface area contributed by atoms with E-state index in [4.69, 9.17) is 6.58 Å². The lowest BCUT2D eigenvalue weighted by molar-refractivity contribution is 0.545. The smallest absolute Gasteiger partial charge is 0.0326 e. The van der Waals surface area contributed by atoms with Crippen LogP contribution in [0, 0.1) is 13.8 Å². The van der Waals surface area contributed by atoms with Gasteiger partial charge in [-0.1, -0.05) is 148 Å². The Morgan fingerprint density at radius 1 is 0.773 bits per heavy atom. The molecule has 0 bridgehead atoms. The third-order valence-electron chi connectivity index (χ3n) is 10.4. The van der Waals surface area contributed by atoms with Crippen LogP contribution < -0.4 is 5.32 Å². The molecule has 0 saturated carbocycles. The molecular weight excluding hydrogens is 530 g/mol. The molecule has 0 radical (unpaired) electrons. The second kappa shape index (κ2) is 12.5. The fourth-order valence-electron chi connectivity index (χ4n) is 6.86. The Balaban J connectivity index is 1.80. The van der Waals surface area contributed by atoms with Crippen LogP contribution in [0.25, 0.3) is 11.1 Å². The van der Waals surface area contributed by atoms with Crippen molar-refractivity contribution in [3.05, 3.63) is 118 Å². The molecular formula is C43H59N. The van der Waals surface area contributed by atoms with Crippen molar-refractivity contribution >= 4 is 0 Å². The van der Waals surface area contributed by atoms with Crippen LogP contribution >= 0.6 is 0 Å². The fraction of sp³-hybridized carbons (Fsp3) is 0.488. The van der Waals surface area contributed by atoms with E-state index in [2.05, 4.69) is 150 Å². The molecule has 1 aliphatic rings. The van der Waals surface area contributed by atoms with Crippen LogP contribution in [0.1, 0.15) is 139 Å². The average molecular weight is 590 g/mol. The monoisotopic (exact) mass is 589 g/mol. The first-order valence-electron chi connectivity index (χ1n) is 16.9. The summed E-state index contributed by atoms with van der Waals surface area (Å²) in [6.45, 7) is 36.9. The highest BCUT2D eigenvalue weighted by molar-refractivity contribution is 5.73. The van der Waals surface area contributed by atoms with Gasteiger partial charge in [-0.05, 0) is 94.5 Å². The quantitative estimate of drug-likeness (QED) is 0.258. The largest absolute Gasteiger partial charge is 0.303 e. The lowest BCUT2D eigenvalue weighted by Crippen LogP contribution is -2.26. The molecule has 0 aliphatic carbocycles. The minimum atomic E-state index is -0.209. The van der Waals surface area contributed by atoms with Crippen molar-refractivity contribution in [2.75, 3.05) is 0 Å². The average Bonchev–Trinajstić information content (AvgIpc) is 3.45. The van der Waals surface area contributed by atoms with E-state index in [0.717, 1.165) is 19.3 Å². The van der Waals surface area contributed by atoms with Crippen molar-refractivity contribution in [2.45, 2.75) is 137 Å². The zero-order valence-corrected chi connectivity index (χ0v) is 30.0. The Morgan fingerprint density at radius 2 is 1.36 bits per heavy atom. The highest BCUT2D eigenvalue weighted by Gasteiger charge is 2.33. The van der Waals surface area contributed by atoms with Gasteiger partial charge < -0.3 is 5.32 Å². The van der Waals surface area contributed by atoms with Gasteiger partial charge in [-0.2, -0.15) is 0 Å². The first-order valence-corrected chi connectivity index (χ1v) is 16.9. The summed E-state index contributed by atoms with van der Waals surface area (Å²) in [6, 6.07) is 22.2. The maximum atomic E-state index is 4.85. The predicted molar refractivity (Wildman–Crippen MR) is 194 cm³/mol. The molecule has 1 nitrogen and oxygen atoms in total. The first-order chi connectivity index (χ1) is 20.3. The van der Waals surface area contributed by atoms with E-state index in [1.807, 2.05) is 0 Å². The zero-order valence-electron chi connectivity index (χ0n) is 30.0. The van der Waals surface area contributed by atoms with Gasteiger partial charge in [-0.25, -0.2) is 0 Å². The van der Waals surface area contributed by atoms with Gasteiger partial charge in [0.2, 0.25) is 0 Å². The molecule has 1 aliphatic heterocycles. The van der Waals surface area contributed by atoms with Crippen LogP contribution in [0.5, 0.6) is 0 Å². The predicted octanol–water partition coefficient (Wildman–Crippen LogP) is 12.0. The number of benzene rings is 3. The molecule has 0 amide bonds. The molecule has 0 aromatic heterocycles. The van der Waals surface area contributed by atoms with E-state index >= 15 is 0 Å². The van der Waals surface area contributed by atoms with Crippen LogP contribution in [0.4, 0.5) is 0 Å². The van der Waals surface area contributed by atoms with E-state index in [9.17, 15) is 0 Å². The minimum absolute atomic E-state index is 0.0712. The Morgan fingerprint density at radius 3 is 1.91 bits per heavy atom. The summed E-state index contributed by atoms with van der Waals surface area (Å²) in [5.74, 6) is 0.176. The normalized spacial score (nSPS) is 18.4. The summed E-state index contributed by atoms with van der Waals surface area (Å²) in [6.07, 6.45) is 3.33. The van der Waals surface area contributed by atoms with Crippen molar-refractivity contribution < 1.29 is 0 Å². The molecule has 1 saturated heterocycles. The molecule has 1 heterocycles. The number of hydrogen-bond acceptors (Lipinski definition) is 1. The second-order valence-electron chi connectivity index (χ2n) is 16.2. The van der Waals surface area contributed by atoms with Crippen molar-refractivity contribution in [1.82, 2.24) is 5.32 Å². The summed E-state index contributed by atoms with van der Waals surface area (Å²) in [5.41, 5.74) is 14.6. The van der Waals surface area contributed by atoms with Gasteiger partial charge >= 0.3 is 0 Å². The van der Waals surface area contributed by atoms with E-state index in [1.54, 1.807) is 0 Å². The molecule has 3 aromatic carbocycles. The highest BCUT2D eigenvalue weighted by Crippen LogP contribution is 2.45. The van der Waals surface area contributed by atoms with Crippen molar-refractivity contribution in [2.24, 2.45) is 0 Å². The third-order valence-corrected chi connectivity index (χ3v) is 10.4. The van der Waals surface area contributed by atoms with Crippen molar-refractivity contribution in [3.8, 4) is 11.1 Å². The maximum absolute atomic E-state index is 4.85. The fourth-order valence-corrected chi connectivity index (χ4v) is 6.86. The van der Waals surface area contributed by atoms with Crippen LogP contribution in [0.15, 0.2) is 78.9 Å². The Hall–Kier alpha value is -2.90. The molecule has 3 aromatic rings.